The topological polar surface area (TPSA) is 107 Å². The van der Waals surface area contributed by atoms with Gasteiger partial charge in [-0.15, -0.1) is 0 Å². The van der Waals surface area contributed by atoms with E-state index in [0.29, 0.717) is 19.1 Å². The van der Waals surface area contributed by atoms with Crippen LogP contribution >= 0.6 is 0 Å². The van der Waals surface area contributed by atoms with Gasteiger partial charge in [-0.05, 0) is 46.5 Å². The van der Waals surface area contributed by atoms with Gasteiger partial charge in [0, 0.05) is 32.7 Å². The van der Waals surface area contributed by atoms with Gasteiger partial charge in [-0.3, -0.25) is 14.7 Å². The molecule has 0 aromatic carbocycles. The third-order valence-electron chi connectivity index (χ3n) is 4.87. The number of hydrogen-bond acceptors (Lipinski definition) is 5. The summed E-state index contributed by atoms with van der Waals surface area (Å²) in [6.45, 7) is 15.1. The largest absolute Gasteiger partial charge is 0.444 e. The second-order valence-corrected chi connectivity index (χ2v) is 9.08. The van der Waals surface area contributed by atoms with Gasteiger partial charge >= 0.3 is 6.09 Å². The van der Waals surface area contributed by atoms with Crippen LogP contribution < -0.4 is 21.3 Å². The van der Waals surface area contributed by atoms with Crippen LogP contribution in [0.2, 0.25) is 0 Å². The Kier molecular flexibility index (Phi) is 10.9. The van der Waals surface area contributed by atoms with Crippen LogP contribution in [-0.4, -0.2) is 80.3 Å². The molecule has 9 nitrogen and oxygen atoms in total. The van der Waals surface area contributed by atoms with E-state index in [4.69, 9.17) is 9.73 Å². The number of rotatable bonds is 8. The van der Waals surface area contributed by atoms with E-state index in [9.17, 15) is 9.59 Å². The molecule has 0 aliphatic carbocycles. The van der Waals surface area contributed by atoms with E-state index in [2.05, 4.69) is 40.0 Å². The minimum Gasteiger partial charge on any atom is -0.444 e. The summed E-state index contributed by atoms with van der Waals surface area (Å²) in [5.74, 6) is 1.02. The maximum atomic E-state index is 12.1. The molecule has 30 heavy (non-hydrogen) atoms. The number of ether oxygens (including phenoxy) is 1. The quantitative estimate of drug-likeness (QED) is 0.344. The summed E-state index contributed by atoms with van der Waals surface area (Å²) >= 11 is 0. The van der Waals surface area contributed by atoms with Gasteiger partial charge in [0.15, 0.2) is 5.96 Å². The molecule has 4 N–H and O–H groups in total. The van der Waals surface area contributed by atoms with Crippen molar-refractivity contribution in [2.45, 2.75) is 72.1 Å². The molecule has 0 saturated carbocycles. The highest BCUT2D eigenvalue weighted by Gasteiger charge is 2.23. The van der Waals surface area contributed by atoms with Crippen molar-refractivity contribution in [2.75, 3.05) is 39.8 Å². The average Bonchev–Trinajstić information content (AvgIpc) is 2.64. The summed E-state index contributed by atoms with van der Waals surface area (Å²) in [7, 11) is 1.66. The Bertz CT molecular complexity index is 566. The van der Waals surface area contributed by atoms with Gasteiger partial charge in [0.25, 0.3) is 0 Å². The number of aliphatic imine (C=N–C) groups is 1. The van der Waals surface area contributed by atoms with Crippen molar-refractivity contribution in [3.63, 3.8) is 0 Å². The van der Waals surface area contributed by atoms with E-state index in [-0.39, 0.29) is 17.9 Å². The minimum atomic E-state index is -0.530. The zero-order valence-electron chi connectivity index (χ0n) is 19.8. The van der Waals surface area contributed by atoms with Crippen LogP contribution in [0.15, 0.2) is 4.99 Å². The molecule has 1 aliphatic heterocycles. The molecule has 1 saturated heterocycles. The van der Waals surface area contributed by atoms with E-state index in [1.807, 2.05) is 27.7 Å². The molecule has 1 unspecified atom stereocenters. The van der Waals surface area contributed by atoms with Crippen LogP contribution in [0.1, 0.15) is 54.4 Å². The normalized spacial score (nSPS) is 17.4. The molecule has 0 aromatic rings. The molecule has 1 rings (SSSR count). The fourth-order valence-electron chi connectivity index (χ4n) is 3.10. The number of carbonyl (C=O) groups excluding carboxylic acids is 2. The lowest BCUT2D eigenvalue weighted by molar-refractivity contribution is -0.122. The number of carbonyl (C=O) groups is 2. The maximum Gasteiger partial charge on any atom is 0.407 e. The second kappa shape index (κ2) is 12.6. The predicted molar refractivity (Wildman–Crippen MR) is 121 cm³/mol. The molecule has 1 atom stereocenters. The van der Waals surface area contributed by atoms with Crippen molar-refractivity contribution in [1.29, 1.82) is 0 Å². The molecule has 1 fully saturated rings. The van der Waals surface area contributed by atoms with Crippen molar-refractivity contribution < 1.29 is 14.3 Å². The fourth-order valence-corrected chi connectivity index (χ4v) is 3.10. The zero-order chi connectivity index (χ0) is 22.7. The average molecular weight is 427 g/mol. The van der Waals surface area contributed by atoms with Crippen molar-refractivity contribution in [3.05, 3.63) is 0 Å². The van der Waals surface area contributed by atoms with E-state index in [1.165, 1.54) is 0 Å². The Morgan fingerprint density at radius 3 is 2.33 bits per heavy atom. The Balaban J connectivity index is 2.61. The molecule has 1 aliphatic rings. The Labute approximate surface area is 181 Å². The van der Waals surface area contributed by atoms with Crippen LogP contribution in [0.4, 0.5) is 4.79 Å². The number of nitrogens with zero attached hydrogens (tertiary/aromatic N) is 2. The van der Waals surface area contributed by atoms with Gasteiger partial charge in [-0.2, -0.15) is 0 Å². The van der Waals surface area contributed by atoms with Crippen molar-refractivity contribution in [2.24, 2.45) is 10.9 Å². The lowest BCUT2D eigenvalue weighted by Crippen LogP contribution is -2.50. The molecule has 0 aromatic heterocycles. The van der Waals surface area contributed by atoms with Gasteiger partial charge in [-0.1, -0.05) is 13.8 Å². The lowest BCUT2D eigenvalue weighted by atomic mass is 10.0. The highest BCUT2D eigenvalue weighted by Crippen LogP contribution is 2.11. The van der Waals surface area contributed by atoms with Gasteiger partial charge in [0.05, 0.1) is 19.1 Å². The third-order valence-corrected chi connectivity index (χ3v) is 4.87. The minimum absolute atomic E-state index is 0.0496. The SMILES string of the molecule is CCNC(=NCC(NC(=O)OC(C)(C)C)C(C)C)NC1CCN(CC(=O)NC)CC1. The van der Waals surface area contributed by atoms with Crippen LogP contribution in [0.5, 0.6) is 0 Å². The van der Waals surface area contributed by atoms with Crippen LogP contribution in [0.3, 0.4) is 0 Å². The van der Waals surface area contributed by atoms with Crippen LogP contribution in [0.25, 0.3) is 0 Å². The van der Waals surface area contributed by atoms with Gasteiger partial charge < -0.3 is 26.0 Å². The highest BCUT2D eigenvalue weighted by atomic mass is 16.6. The first-order valence-electron chi connectivity index (χ1n) is 11.0. The number of alkyl carbamates (subject to hydrolysis) is 1. The fraction of sp³-hybridized carbons (Fsp3) is 0.857. The number of likely N-dealkylation sites (tertiary alicyclic amines) is 1. The number of piperidine rings is 1. The van der Waals surface area contributed by atoms with Gasteiger partial charge in [-0.25, -0.2) is 4.79 Å². The zero-order valence-corrected chi connectivity index (χ0v) is 19.8. The summed E-state index contributed by atoms with van der Waals surface area (Å²) in [5.41, 5.74) is -0.530. The van der Waals surface area contributed by atoms with Crippen molar-refractivity contribution in [3.8, 4) is 0 Å². The molecular weight excluding hydrogens is 384 g/mol. The van der Waals surface area contributed by atoms with E-state index in [1.54, 1.807) is 7.05 Å². The van der Waals surface area contributed by atoms with Gasteiger partial charge in [0.1, 0.15) is 5.60 Å². The van der Waals surface area contributed by atoms with E-state index in [0.717, 1.165) is 38.4 Å². The van der Waals surface area contributed by atoms with E-state index >= 15 is 0 Å². The summed E-state index contributed by atoms with van der Waals surface area (Å²) in [5, 5.41) is 12.4. The third kappa shape index (κ3) is 10.7. The Morgan fingerprint density at radius 1 is 1.20 bits per heavy atom. The number of nitrogens with one attached hydrogen (secondary N) is 4. The molecule has 0 radical (unpaired) electrons. The summed E-state index contributed by atoms with van der Waals surface area (Å²) in [4.78, 5) is 30.6. The maximum absolute atomic E-state index is 12.1. The number of hydrogen-bond donors (Lipinski definition) is 4. The number of amides is 2. The second-order valence-electron chi connectivity index (χ2n) is 9.08. The van der Waals surface area contributed by atoms with Crippen molar-refractivity contribution >= 4 is 18.0 Å². The first-order valence-corrected chi connectivity index (χ1v) is 11.0. The molecule has 174 valence electrons. The van der Waals surface area contributed by atoms with E-state index < -0.39 is 11.7 Å². The first-order chi connectivity index (χ1) is 14.0. The number of likely N-dealkylation sites (N-methyl/N-ethyl adjacent to an activating group) is 1. The summed E-state index contributed by atoms with van der Waals surface area (Å²) in [6.07, 6.45) is 1.48. The smallest absolute Gasteiger partial charge is 0.407 e. The molecule has 0 spiro atoms. The van der Waals surface area contributed by atoms with Crippen LogP contribution in [-0.2, 0) is 9.53 Å². The lowest BCUT2D eigenvalue weighted by Gasteiger charge is -2.32. The molecular formula is C21H42N6O3. The summed E-state index contributed by atoms with van der Waals surface area (Å²) in [6, 6.07) is 0.185. The Morgan fingerprint density at radius 2 is 1.83 bits per heavy atom. The standard InChI is InChI=1S/C21H42N6O3/c1-8-23-19(25-16-9-11-27(12-10-16)14-18(28)22-7)24-13-17(15(2)3)26-20(29)30-21(4,5)6/h15-17H,8-14H2,1-7H3,(H,22,28)(H,26,29)(H2,23,24,25). The monoisotopic (exact) mass is 426 g/mol. The van der Waals surface area contributed by atoms with Gasteiger partial charge in [0.2, 0.25) is 5.91 Å². The molecule has 1 heterocycles. The molecule has 0 bridgehead atoms. The number of guanidine groups is 1. The van der Waals surface area contributed by atoms with Crippen molar-refractivity contribution in [1.82, 2.24) is 26.2 Å². The van der Waals surface area contributed by atoms with Crippen LogP contribution in [0, 0.1) is 5.92 Å². The molecule has 9 heteroatoms. The Hall–Kier alpha value is -2.03. The molecule has 2 amide bonds. The summed E-state index contributed by atoms with van der Waals surface area (Å²) < 4.78 is 5.38. The predicted octanol–water partition coefficient (Wildman–Crippen LogP) is 1.30. The highest BCUT2D eigenvalue weighted by molar-refractivity contribution is 5.80. The first kappa shape index (κ1) is 26.0.